The molecule has 0 bridgehead atoms. The third kappa shape index (κ3) is 2.82. The van der Waals surface area contributed by atoms with Gasteiger partial charge >= 0.3 is 0 Å². The molecule has 0 aromatic rings. The van der Waals surface area contributed by atoms with E-state index in [1.165, 1.54) is 12.0 Å². The number of hydrogen-bond donors (Lipinski definition) is 2. The van der Waals surface area contributed by atoms with E-state index >= 15 is 0 Å². The number of nitrogens with two attached hydrogens (primary N) is 1. The predicted molar refractivity (Wildman–Crippen MR) is 57.5 cm³/mol. The Labute approximate surface area is 81.6 Å². The van der Waals surface area contributed by atoms with Gasteiger partial charge in [0.05, 0.1) is 0 Å². The maximum atomic E-state index is 5.87. The molecule has 1 aliphatic rings. The molecule has 0 saturated heterocycles. The van der Waals surface area contributed by atoms with Crippen LogP contribution in [0.2, 0.25) is 0 Å². The molecule has 0 amide bonds. The Morgan fingerprint density at radius 3 is 2.85 bits per heavy atom. The lowest BCUT2D eigenvalue weighted by Crippen LogP contribution is -2.39. The highest BCUT2D eigenvalue weighted by Gasteiger charge is 2.18. The van der Waals surface area contributed by atoms with Gasteiger partial charge in [-0.05, 0) is 11.8 Å². The number of hydrogen-bond acceptors (Lipinski definition) is 2. The summed E-state index contributed by atoms with van der Waals surface area (Å²) < 4.78 is 0. The summed E-state index contributed by atoms with van der Waals surface area (Å²) in [6.45, 7) is 8.82. The van der Waals surface area contributed by atoms with Crippen LogP contribution in [0.4, 0.5) is 0 Å². The second-order valence-corrected chi connectivity index (χ2v) is 4.21. The standard InChI is InChI=1S/C11H22N2/c1-4-8(2)9(3)10-5-11(12)7-13-6-10/h5,8-9,11,13H,4,6-7,12H2,1-3H3. The predicted octanol–water partition coefficient (Wildman–Crippen LogP) is 1.53. The summed E-state index contributed by atoms with van der Waals surface area (Å²) in [6.07, 6.45) is 3.49. The Morgan fingerprint density at radius 2 is 2.31 bits per heavy atom. The first-order valence-corrected chi connectivity index (χ1v) is 5.32. The van der Waals surface area contributed by atoms with Crippen LogP contribution in [0.3, 0.4) is 0 Å². The van der Waals surface area contributed by atoms with Crippen molar-refractivity contribution in [2.24, 2.45) is 17.6 Å². The highest BCUT2D eigenvalue weighted by atomic mass is 14.9. The van der Waals surface area contributed by atoms with Crippen LogP contribution in [0.1, 0.15) is 27.2 Å². The summed E-state index contributed by atoms with van der Waals surface area (Å²) in [7, 11) is 0. The van der Waals surface area contributed by atoms with E-state index in [0.717, 1.165) is 19.0 Å². The molecular weight excluding hydrogens is 160 g/mol. The molecule has 2 heteroatoms. The van der Waals surface area contributed by atoms with Crippen molar-refractivity contribution in [3.05, 3.63) is 11.6 Å². The molecule has 0 saturated carbocycles. The molecule has 76 valence electrons. The molecule has 0 aliphatic carbocycles. The van der Waals surface area contributed by atoms with E-state index in [9.17, 15) is 0 Å². The third-order valence-electron chi connectivity index (χ3n) is 3.22. The molecule has 0 fully saturated rings. The van der Waals surface area contributed by atoms with Crippen molar-refractivity contribution in [2.75, 3.05) is 13.1 Å². The molecule has 1 rings (SSSR count). The van der Waals surface area contributed by atoms with Gasteiger partial charge in [-0.25, -0.2) is 0 Å². The molecule has 0 aromatic heterocycles. The first-order valence-electron chi connectivity index (χ1n) is 5.32. The molecule has 1 heterocycles. The van der Waals surface area contributed by atoms with Crippen LogP contribution in [-0.2, 0) is 0 Å². The van der Waals surface area contributed by atoms with Crippen LogP contribution in [0, 0.1) is 11.8 Å². The van der Waals surface area contributed by atoms with E-state index in [4.69, 9.17) is 5.73 Å². The highest BCUT2D eigenvalue weighted by molar-refractivity contribution is 5.15. The van der Waals surface area contributed by atoms with E-state index in [1.807, 2.05) is 0 Å². The second-order valence-electron chi connectivity index (χ2n) is 4.21. The summed E-state index contributed by atoms with van der Waals surface area (Å²) in [5.41, 5.74) is 7.36. The van der Waals surface area contributed by atoms with Crippen LogP contribution in [-0.4, -0.2) is 19.1 Å². The maximum absolute atomic E-state index is 5.87. The molecule has 0 radical (unpaired) electrons. The largest absolute Gasteiger partial charge is 0.323 e. The van der Waals surface area contributed by atoms with Crippen molar-refractivity contribution < 1.29 is 0 Å². The zero-order valence-corrected chi connectivity index (χ0v) is 9.01. The summed E-state index contributed by atoms with van der Waals surface area (Å²) in [5, 5.41) is 3.35. The van der Waals surface area contributed by atoms with Gasteiger partial charge in [-0.2, -0.15) is 0 Å². The molecule has 3 unspecified atom stereocenters. The van der Waals surface area contributed by atoms with Gasteiger partial charge in [0, 0.05) is 19.1 Å². The minimum Gasteiger partial charge on any atom is -0.323 e. The molecule has 3 N–H and O–H groups in total. The van der Waals surface area contributed by atoms with E-state index in [0.29, 0.717) is 5.92 Å². The van der Waals surface area contributed by atoms with Crippen LogP contribution in [0.5, 0.6) is 0 Å². The van der Waals surface area contributed by atoms with Crippen LogP contribution >= 0.6 is 0 Å². The summed E-state index contributed by atoms with van der Waals surface area (Å²) in [4.78, 5) is 0. The van der Waals surface area contributed by atoms with Gasteiger partial charge in [-0.3, -0.25) is 0 Å². The summed E-state index contributed by atoms with van der Waals surface area (Å²) in [6, 6.07) is 0.218. The maximum Gasteiger partial charge on any atom is 0.0354 e. The molecule has 1 aliphatic heterocycles. The van der Waals surface area contributed by atoms with E-state index in [-0.39, 0.29) is 6.04 Å². The van der Waals surface area contributed by atoms with Crippen LogP contribution in [0.15, 0.2) is 11.6 Å². The second kappa shape index (κ2) is 4.77. The lowest BCUT2D eigenvalue weighted by Gasteiger charge is -2.27. The Bertz CT molecular complexity index is 187. The van der Waals surface area contributed by atoms with E-state index in [2.05, 4.69) is 32.2 Å². The highest BCUT2D eigenvalue weighted by Crippen LogP contribution is 2.23. The van der Waals surface area contributed by atoms with Gasteiger partial charge in [0.2, 0.25) is 0 Å². The van der Waals surface area contributed by atoms with E-state index < -0.39 is 0 Å². The van der Waals surface area contributed by atoms with Crippen molar-refractivity contribution in [3.8, 4) is 0 Å². The summed E-state index contributed by atoms with van der Waals surface area (Å²) in [5.74, 6) is 1.43. The average Bonchev–Trinajstić information content (AvgIpc) is 2.15. The van der Waals surface area contributed by atoms with Gasteiger partial charge in [-0.15, -0.1) is 0 Å². The Kier molecular flexibility index (Phi) is 3.94. The minimum atomic E-state index is 0.218. The molecule has 0 spiro atoms. The molecule has 0 aromatic carbocycles. The lowest BCUT2D eigenvalue weighted by molar-refractivity contribution is 0.408. The van der Waals surface area contributed by atoms with Crippen molar-refractivity contribution in [1.29, 1.82) is 0 Å². The van der Waals surface area contributed by atoms with Gasteiger partial charge in [0.25, 0.3) is 0 Å². The van der Waals surface area contributed by atoms with Crippen molar-refractivity contribution in [3.63, 3.8) is 0 Å². The van der Waals surface area contributed by atoms with Crippen molar-refractivity contribution >= 4 is 0 Å². The zero-order chi connectivity index (χ0) is 9.84. The quantitative estimate of drug-likeness (QED) is 0.650. The van der Waals surface area contributed by atoms with Crippen LogP contribution in [0.25, 0.3) is 0 Å². The smallest absolute Gasteiger partial charge is 0.0354 e. The molecule has 13 heavy (non-hydrogen) atoms. The monoisotopic (exact) mass is 182 g/mol. The Balaban J connectivity index is 2.59. The topological polar surface area (TPSA) is 38.0 Å². The van der Waals surface area contributed by atoms with Crippen molar-refractivity contribution in [2.45, 2.75) is 33.2 Å². The van der Waals surface area contributed by atoms with Crippen LogP contribution < -0.4 is 11.1 Å². The fraction of sp³-hybridized carbons (Fsp3) is 0.818. The fourth-order valence-electron chi connectivity index (χ4n) is 1.81. The van der Waals surface area contributed by atoms with Gasteiger partial charge in [0.15, 0.2) is 0 Å². The molecular formula is C11H22N2. The summed E-state index contributed by atoms with van der Waals surface area (Å²) >= 11 is 0. The lowest BCUT2D eigenvalue weighted by atomic mass is 9.85. The first kappa shape index (κ1) is 10.7. The number of nitrogens with one attached hydrogen (secondary N) is 1. The third-order valence-corrected chi connectivity index (χ3v) is 3.22. The normalized spacial score (nSPS) is 28.0. The minimum absolute atomic E-state index is 0.218. The van der Waals surface area contributed by atoms with Gasteiger partial charge in [-0.1, -0.05) is 38.8 Å². The fourth-order valence-corrected chi connectivity index (χ4v) is 1.81. The molecule has 3 atom stereocenters. The van der Waals surface area contributed by atoms with Gasteiger partial charge in [0.1, 0.15) is 0 Å². The number of rotatable bonds is 3. The molecule has 2 nitrogen and oxygen atoms in total. The SMILES string of the molecule is CCC(C)C(C)C1=CC(N)CNC1. The van der Waals surface area contributed by atoms with E-state index in [1.54, 1.807) is 0 Å². The average molecular weight is 182 g/mol. The van der Waals surface area contributed by atoms with Crippen molar-refractivity contribution in [1.82, 2.24) is 5.32 Å². The van der Waals surface area contributed by atoms with Gasteiger partial charge < -0.3 is 11.1 Å². The first-order chi connectivity index (χ1) is 6.15. The Hall–Kier alpha value is -0.340. The Morgan fingerprint density at radius 1 is 1.62 bits per heavy atom. The zero-order valence-electron chi connectivity index (χ0n) is 9.01.